The molecule has 4 heteroatoms. The van der Waals surface area contributed by atoms with E-state index in [1.54, 1.807) is 6.07 Å². The van der Waals surface area contributed by atoms with Gasteiger partial charge in [-0.25, -0.2) is 4.79 Å². The van der Waals surface area contributed by atoms with Crippen molar-refractivity contribution in [3.05, 3.63) is 59.2 Å². The first kappa shape index (κ1) is 19.0. The standard InChI is InChI=1S/C24H29NO3/c1-2-3-13-25-14-11-17(12-15-25)16-21-18-7-4-5-10-22(18)28-23-19(21)8-6-9-20(23)24(26)27/h4-10,17,21H,2-3,11-16H2,1H3,(H,26,27). The Bertz CT molecular complexity index is 839. The molecule has 0 saturated carbocycles. The summed E-state index contributed by atoms with van der Waals surface area (Å²) in [4.78, 5) is 14.3. The van der Waals surface area contributed by atoms with Crippen LogP contribution in [0, 0.1) is 5.92 Å². The highest BCUT2D eigenvalue weighted by Crippen LogP contribution is 2.48. The van der Waals surface area contributed by atoms with E-state index in [4.69, 9.17) is 4.74 Å². The Balaban J connectivity index is 1.58. The number of carboxylic acids is 1. The molecule has 0 aliphatic carbocycles. The van der Waals surface area contributed by atoms with Gasteiger partial charge in [0.15, 0.2) is 0 Å². The zero-order chi connectivity index (χ0) is 19.5. The van der Waals surface area contributed by atoms with Gasteiger partial charge in [0.2, 0.25) is 0 Å². The monoisotopic (exact) mass is 379 g/mol. The second-order valence-corrected chi connectivity index (χ2v) is 8.10. The molecule has 4 rings (SSSR count). The number of benzene rings is 2. The maximum absolute atomic E-state index is 11.7. The molecule has 28 heavy (non-hydrogen) atoms. The zero-order valence-corrected chi connectivity index (χ0v) is 16.6. The lowest BCUT2D eigenvalue weighted by Gasteiger charge is -2.36. The minimum Gasteiger partial charge on any atom is -0.478 e. The lowest BCUT2D eigenvalue weighted by atomic mass is 9.78. The van der Waals surface area contributed by atoms with Crippen LogP contribution in [-0.4, -0.2) is 35.6 Å². The third-order valence-electron chi connectivity index (χ3n) is 6.26. The third kappa shape index (κ3) is 3.79. The summed E-state index contributed by atoms with van der Waals surface area (Å²) in [6.07, 6.45) is 6.03. The summed E-state index contributed by atoms with van der Waals surface area (Å²) < 4.78 is 6.06. The topological polar surface area (TPSA) is 49.8 Å². The van der Waals surface area contributed by atoms with E-state index in [0.717, 1.165) is 17.7 Å². The highest BCUT2D eigenvalue weighted by atomic mass is 16.5. The summed E-state index contributed by atoms with van der Waals surface area (Å²) in [5.74, 6) is 1.26. The van der Waals surface area contributed by atoms with E-state index in [0.29, 0.717) is 11.7 Å². The number of carboxylic acid groups (broad SMARTS) is 1. The molecular formula is C24H29NO3. The maximum atomic E-state index is 11.7. The first-order chi connectivity index (χ1) is 13.7. The second-order valence-electron chi connectivity index (χ2n) is 8.10. The van der Waals surface area contributed by atoms with Gasteiger partial charge in [0.05, 0.1) is 0 Å². The van der Waals surface area contributed by atoms with Crippen LogP contribution < -0.4 is 4.74 Å². The zero-order valence-electron chi connectivity index (χ0n) is 16.6. The normalized spacial score (nSPS) is 19.5. The number of nitrogens with zero attached hydrogens (tertiary/aromatic N) is 1. The Morgan fingerprint density at radius 1 is 1.11 bits per heavy atom. The first-order valence-corrected chi connectivity index (χ1v) is 10.5. The molecular weight excluding hydrogens is 350 g/mol. The summed E-state index contributed by atoms with van der Waals surface area (Å²) >= 11 is 0. The Hall–Kier alpha value is -2.33. The molecule has 1 atom stereocenters. The number of hydrogen-bond acceptors (Lipinski definition) is 3. The fourth-order valence-electron chi connectivity index (χ4n) is 4.67. The molecule has 0 amide bonds. The van der Waals surface area contributed by atoms with Crippen LogP contribution in [0.15, 0.2) is 42.5 Å². The second kappa shape index (κ2) is 8.36. The molecule has 1 fully saturated rings. The number of piperidine rings is 1. The summed E-state index contributed by atoms with van der Waals surface area (Å²) in [6, 6.07) is 13.6. The van der Waals surface area contributed by atoms with Crippen molar-refractivity contribution < 1.29 is 14.6 Å². The van der Waals surface area contributed by atoms with Crippen molar-refractivity contribution in [3.8, 4) is 11.5 Å². The summed E-state index contributed by atoms with van der Waals surface area (Å²) in [6.45, 7) is 5.82. The summed E-state index contributed by atoms with van der Waals surface area (Å²) in [7, 11) is 0. The molecule has 2 aliphatic rings. The number of ether oxygens (including phenoxy) is 1. The largest absolute Gasteiger partial charge is 0.478 e. The van der Waals surface area contributed by atoms with Crippen molar-refractivity contribution in [3.63, 3.8) is 0 Å². The fourth-order valence-corrected chi connectivity index (χ4v) is 4.67. The predicted molar refractivity (Wildman–Crippen MR) is 110 cm³/mol. The van der Waals surface area contributed by atoms with Crippen LogP contribution in [0.25, 0.3) is 0 Å². The molecule has 2 aromatic rings. The number of hydrogen-bond donors (Lipinski definition) is 1. The number of para-hydroxylation sites is 2. The molecule has 0 aromatic heterocycles. The van der Waals surface area contributed by atoms with Crippen LogP contribution in [-0.2, 0) is 0 Å². The van der Waals surface area contributed by atoms with E-state index in [1.807, 2.05) is 24.3 Å². The average molecular weight is 380 g/mol. The Kier molecular flexibility index (Phi) is 5.67. The number of aromatic carboxylic acids is 1. The van der Waals surface area contributed by atoms with Gasteiger partial charge in [-0.3, -0.25) is 0 Å². The van der Waals surface area contributed by atoms with Crippen LogP contribution in [0.4, 0.5) is 0 Å². The van der Waals surface area contributed by atoms with Crippen LogP contribution in [0.2, 0.25) is 0 Å². The van der Waals surface area contributed by atoms with Crippen LogP contribution >= 0.6 is 0 Å². The molecule has 0 spiro atoms. The van der Waals surface area contributed by atoms with Crippen LogP contribution in [0.1, 0.15) is 66.4 Å². The molecule has 2 heterocycles. The van der Waals surface area contributed by atoms with Gasteiger partial charge in [-0.05, 0) is 63.4 Å². The van der Waals surface area contributed by atoms with Crippen molar-refractivity contribution >= 4 is 5.97 Å². The number of unbranched alkanes of at least 4 members (excludes halogenated alkanes) is 1. The Morgan fingerprint density at radius 3 is 2.61 bits per heavy atom. The molecule has 0 radical (unpaired) electrons. The Labute approximate surface area is 167 Å². The van der Waals surface area contributed by atoms with Gasteiger partial charge in [-0.15, -0.1) is 0 Å². The van der Waals surface area contributed by atoms with Gasteiger partial charge in [0, 0.05) is 17.0 Å². The van der Waals surface area contributed by atoms with E-state index >= 15 is 0 Å². The van der Waals surface area contributed by atoms with Gasteiger partial charge >= 0.3 is 5.97 Å². The van der Waals surface area contributed by atoms with Crippen molar-refractivity contribution in [2.45, 2.75) is 44.9 Å². The maximum Gasteiger partial charge on any atom is 0.339 e. The number of fused-ring (bicyclic) bond motifs is 2. The van der Waals surface area contributed by atoms with Crippen molar-refractivity contribution in [2.24, 2.45) is 5.92 Å². The van der Waals surface area contributed by atoms with E-state index in [9.17, 15) is 9.90 Å². The quantitative estimate of drug-likeness (QED) is 0.717. The summed E-state index contributed by atoms with van der Waals surface area (Å²) in [5, 5.41) is 9.61. The lowest BCUT2D eigenvalue weighted by Crippen LogP contribution is -2.35. The van der Waals surface area contributed by atoms with Crippen molar-refractivity contribution in [1.29, 1.82) is 0 Å². The third-order valence-corrected chi connectivity index (χ3v) is 6.26. The molecule has 148 valence electrons. The van der Waals surface area contributed by atoms with Crippen LogP contribution in [0.5, 0.6) is 11.5 Å². The minimum absolute atomic E-state index is 0.200. The van der Waals surface area contributed by atoms with Crippen molar-refractivity contribution in [2.75, 3.05) is 19.6 Å². The molecule has 1 unspecified atom stereocenters. The highest BCUT2D eigenvalue weighted by Gasteiger charge is 2.32. The van der Waals surface area contributed by atoms with Gasteiger partial charge in [-0.1, -0.05) is 43.7 Å². The van der Waals surface area contributed by atoms with Crippen molar-refractivity contribution in [1.82, 2.24) is 4.90 Å². The Morgan fingerprint density at radius 2 is 1.86 bits per heavy atom. The molecule has 4 nitrogen and oxygen atoms in total. The number of rotatable bonds is 6. The highest BCUT2D eigenvalue weighted by molar-refractivity contribution is 5.92. The molecule has 0 bridgehead atoms. The van der Waals surface area contributed by atoms with E-state index < -0.39 is 5.97 Å². The minimum atomic E-state index is -0.931. The van der Waals surface area contributed by atoms with Gasteiger partial charge in [-0.2, -0.15) is 0 Å². The van der Waals surface area contributed by atoms with Crippen LogP contribution in [0.3, 0.4) is 0 Å². The molecule has 2 aliphatic heterocycles. The molecule has 2 aromatic carbocycles. The predicted octanol–water partition coefficient (Wildman–Crippen LogP) is 5.52. The summed E-state index contributed by atoms with van der Waals surface area (Å²) in [5.41, 5.74) is 2.46. The molecule has 1 N–H and O–H groups in total. The van der Waals surface area contributed by atoms with Gasteiger partial charge in [0.25, 0.3) is 0 Å². The van der Waals surface area contributed by atoms with Gasteiger partial charge in [0.1, 0.15) is 17.1 Å². The first-order valence-electron chi connectivity index (χ1n) is 10.5. The number of likely N-dealkylation sites (tertiary alicyclic amines) is 1. The number of carbonyl (C=O) groups is 1. The SMILES string of the molecule is CCCCN1CCC(CC2c3ccccc3Oc3c(C(=O)O)cccc32)CC1. The molecule has 1 saturated heterocycles. The lowest BCUT2D eigenvalue weighted by molar-refractivity contribution is 0.0693. The average Bonchev–Trinajstić information content (AvgIpc) is 2.72. The van der Waals surface area contributed by atoms with E-state index in [1.165, 1.54) is 50.9 Å². The van der Waals surface area contributed by atoms with E-state index in [2.05, 4.69) is 24.0 Å². The fraction of sp³-hybridized carbons (Fsp3) is 0.458. The van der Waals surface area contributed by atoms with Gasteiger partial charge < -0.3 is 14.7 Å². The van der Waals surface area contributed by atoms with E-state index in [-0.39, 0.29) is 11.5 Å². The smallest absolute Gasteiger partial charge is 0.339 e.